The number of carboxylic acid groups (broad SMARTS) is 1. The van der Waals surface area contributed by atoms with E-state index in [9.17, 15) is 14.4 Å². The molecule has 1 atom stereocenters. The van der Waals surface area contributed by atoms with Crippen LogP contribution < -0.4 is 10.6 Å². The third-order valence-electron chi connectivity index (χ3n) is 4.31. The maximum Gasteiger partial charge on any atom is 0.321 e. The number of urea groups is 1. The van der Waals surface area contributed by atoms with E-state index < -0.39 is 17.9 Å². The van der Waals surface area contributed by atoms with E-state index in [1.54, 1.807) is 25.1 Å². The second kappa shape index (κ2) is 8.00. The van der Waals surface area contributed by atoms with Gasteiger partial charge in [-0.15, -0.1) is 0 Å². The first-order valence-electron chi connectivity index (χ1n) is 8.41. The van der Waals surface area contributed by atoms with E-state index in [-0.39, 0.29) is 12.5 Å². The van der Waals surface area contributed by atoms with Crippen LogP contribution in [0.25, 0.3) is 0 Å². The molecule has 3 N–H and O–H groups in total. The molecule has 2 rings (SSSR count). The maximum atomic E-state index is 12.2. The number of nitrogens with zero attached hydrogens (tertiary/aromatic N) is 1. The molecule has 0 radical (unpaired) electrons. The lowest BCUT2D eigenvalue weighted by Gasteiger charge is -2.21. The molecule has 1 unspecified atom stereocenters. The van der Waals surface area contributed by atoms with E-state index in [0.717, 1.165) is 18.4 Å². The lowest BCUT2D eigenvalue weighted by molar-refractivity contribution is -0.141. The summed E-state index contributed by atoms with van der Waals surface area (Å²) >= 11 is 0. The Bertz CT molecular complexity index is 670. The molecule has 1 aromatic rings. The van der Waals surface area contributed by atoms with Gasteiger partial charge in [-0.05, 0) is 43.4 Å². The fourth-order valence-electron chi connectivity index (χ4n) is 2.34. The zero-order valence-electron chi connectivity index (χ0n) is 14.8. The van der Waals surface area contributed by atoms with E-state index >= 15 is 0 Å². The number of carboxylic acids is 1. The van der Waals surface area contributed by atoms with Crippen molar-refractivity contribution in [2.24, 2.45) is 11.8 Å². The highest BCUT2D eigenvalue weighted by Crippen LogP contribution is 2.27. The molecule has 7 nitrogen and oxygen atoms in total. The van der Waals surface area contributed by atoms with Crippen molar-refractivity contribution in [3.05, 3.63) is 29.3 Å². The van der Waals surface area contributed by atoms with Gasteiger partial charge in [0.05, 0.1) is 5.92 Å². The number of hydrogen-bond donors (Lipinski definition) is 3. The summed E-state index contributed by atoms with van der Waals surface area (Å²) in [5, 5.41) is 14.6. The van der Waals surface area contributed by atoms with E-state index in [4.69, 9.17) is 5.11 Å². The number of carbonyl (C=O) groups is 3. The summed E-state index contributed by atoms with van der Waals surface area (Å²) in [5.74, 6) is -1.17. The molecule has 0 bridgehead atoms. The van der Waals surface area contributed by atoms with Crippen molar-refractivity contribution in [2.45, 2.75) is 26.7 Å². The summed E-state index contributed by atoms with van der Waals surface area (Å²) in [4.78, 5) is 36.6. The average molecular weight is 347 g/mol. The molecule has 1 saturated carbocycles. The van der Waals surface area contributed by atoms with Crippen molar-refractivity contribution in [1.29, 1.82) is 0 Å². The molecule has 1 fully saturated rings. The molecule has 25 heavy (non-hydrogen) atoms. The minimum Gasteiger partial charge on any atom is -0.481 e. The van der Waals surface area contributed by atoms with Crippen LogP contribution >= 0.6 is 0 Å². The molecule has 0 aromatic heterocycles. The van der Waals surface area contributed by atoms with Crippen LogP contribution in [0.5, 0.6) is 0 Å². The molecule has 0 saturated heterocycles. The highest BCUT2D eigenvalue weighted by atomic mass is 16.4. The molecule has 3 amide bonds. The molecular weight excluding hydrogens is 322 g/mol. The van der Waals surface area contributed by atoms with Gasteiger partial charge >= 0.3 is 12.0 Å². The Morgan fingerprint density at radius 1 is 1.32 bits per heavy atom. The standard InChI is InChI=1S/C18H25N3O4/c1-11-4-7-14(16(22)19-9-13-5-6-13)8-15(11)20-18(25)21(3)10-12(2)17(23)24/h4,7-8,12-13H,5-6,9-10H2,1-3H3,(H,19,22)(H,20,25)(H,23,24). The van der Waals surface area contributed by atoms with Gasteiger partial charge in [-0.2, -0.15) is 0 Å². The molecule has 0 spiro atoms. The van der Waals surface area contributed by atoms with Crippen LogP contribution in [0.15, 0.2) is 18.2 Å². The summed E-state index contributed by atoms with van der Waals surface area (Å²) in [6.45, 7) is 4.16. The molecule has 1 aliphatic carbocycles. The van der Waals surface area contributed by atoms with Crippen molar-refractivity contribution < 1.29 is 19.5 Å². The number of nitrogens with one attached hydrogen (secondary N) is 2. The zero-order chi connectivity index (χ0) is 18.6. The van der Waals surface area contributed by atoms with E-state index in [2.05, 4.69) is 10.6 Å². The van der Waals surface area contributed by atoms with Gasteiger partial charge in [0.1, 0.15) is 0 Å². The SMILES string of the molecule is Cc1ccc(C(=O)NCC2CC2)cc1NC(=O)N(C)CC(C)C(=O)O. The van der Waals surface area contributed by atoms with Gasteiger partial charge < -0.3 is 20.6 Å². The quantitative estimate of drug-likeness (QED) is 0.705. The molecule has 136 valence electrons. The van der Waals surface area contributed by atoms with E-state index in [1.165, 1.54) is 11.9 Å². The second-order valence-corrected chi connectivity index (χ2v) is 6.73. The van der Waals surface area contributed by atoms with Crippen molar-refractivity contribution >= 4 is 23.6 Å². The first-order chi connectivity index (χ1) is 11.8. The Balaban J connectivity index is 1.99. The van der Waals surface area contributed by atoms with Gasteiger partial charge in [0.15, 0.2) is 0 Å². The number of hydrogen-bond acceptors (Lipinski definition) is 3. The molecule has 0 heterocycles. The third kappa shape index (κ3) is 5.48. The van der Waals surface area contributed by atoms with E-state index in [1.807, 2.05) is 6.92 Å². The number of carbonyl (C=O) groups excluding carboxylic acids is 2. The Kier molecular flexibility index (Phi) is 6.01. The van der Waals surface area contributed by atoms with Crippen LogP contribution in [-0.2, 0) is 4.79 Å². The summed E-state index contributed by atoms with van der Waals surface area (Å²) in [5.41, 5.74) is 1.86. The fourth-order valence-corrected chi connectivity index (χ4v) is 2.34. The molecule has 1 aromatic carbocycles. The van der Waals surface area contributed by atoms with Crippen LogP contribution in [0, 0.1) is 18.8 Å². The minimum absolute atomic E-state index is 0.0990. The van der Waals surface area contributed by atoms with Crippen LogP contribution in [0.2, 0.25) is 0 Å². The monoisotopic (exact) mass is 347 g/mol. The normalized spacial score (nSPS) is 14.5. The lowest BCUT2D eigenvalue weighted by Crippen LogP contribution is -2.36. The predicted molar refractivity (Wildman–Crippen MR) is 94.7 cm³/mol. The van der Waals surface area contributed by atoms with Crippen molar-refractivity contribution in [2.75, 3.05) is 25.5 Å². The summed E-state index contributed by atoms with van der Waals surface area (Å²) in [6.07, 6.45) is 2.33. The summed E-state index contributed by atoms with van der Waals surface area (Å²) in [6, 6.07) is 4.74. The zero-order valence-corrected chi connectivity index (χ0v) is 14.8. The van der Waals surface area contributed by atoms with Crippen LogP contribution in [0.4, 0.5) is 10.5 Å². The van der Waals surface area contributed by atoms with Crippen LogP contribution in [-0.4, -0.2) is 48.1 Å². The average Bonchev–Trinajstić information content (AvgIpc) is 3.38. The van der Waals surface area contributed by atoms with E-state index in [0.29, 0.717) is 23.7 Å². The maximum absolute atomic E-state index is 12.2. The summed E-state index contributed by atoms with van der Waals surface area (Å²) in [7, 11) is 1.54. The lowest BCUT2D eigenvalue weighted by atomic mass is 10.1. The van der Waals surface area contributed by atoms with Crippen molar-refractivity contribution in [3.63, 3.8) is 0 Å². The van der Waals surface area contributed by atoms with Gasteiger partial charge in [-0.1, -0.05) is 13.0 Å². The van der Waals surface area contributed by atoms with Gasteiger partial charge in [-0.3, -0.25) is 9.59 Å². The first kappa shape index (κ1) is 18.8. The number of rotatable bonds is 7. The second-order valence-electron chi connectivity index (χ2n) is 6.73. The summed E-state index contributed by atoms with van der Waals surface area (Å²) < 4.78 is 0. The van der Waals surface area contributed by atoms with Crippen LogP contribution in [0.1, 0.15) is 35.7 Å². The highest BCUT2D eigenvalue weighted by Gasteiger charge is 2.22. The predicted octanol–water partition coefficient (Wildman–Crippen LogP) is 2.32. The highest BCUT2D eigenvalue weighted by molar-refractivity contribution is 5.97. The third-order valence-corrected chi connectivity index (χ3v) is 4.31. The van der Waals surface area contributed by atoms with Crippen molar-refractivity contribution in [3.8, 4) is 0 Å². The Morgan fingerprint density at radius 3 is 2.60 bits per heavy atom. The fraction of sp³-hybridized carbons (Fsp3) is 0.500. The molecule has 0 aliphatic heterocycles. The topological polar surface area (TPSA) is 98.7 Å². The molecule has 1 aliphatic rings. The van der Waals surface area contributed by atoms with Gasteiger partial charge in [0.25, 0.3) is 5.91 Å². The number of aryl methyl sites for hydroxylation is 1. The van der Waals surface area contributed by atoms with Gasteiger partial charge in [0, 0.05) is 31.4 Å². The Hall–Kier alpha value is -2.57. The largest absolute Gasteiger partial charge is 0.481 e. The smallest absolute Gasteiger partial charge is 0.321 e. The Labute approximate surface area is 147 Å². The number of aliphatic carboxylic acids is 1. The van der Waals surface area contributed by atoms with Gasteiger partial charge in [0.2, 0.25) is 0 Å². The first-order valence-corrected chi connectivity index (χ1v) is 8.41. The Morgan fingerprint density at radius 2 is 2.00 bits per heavy atom. The number of anilines is 1. The molecule has 7 heteroatoms. The minimum atomic E-state index is -0.954. The number of benzene rings is 1. The van der Waals surface area contributed by atoms with Crippen molar-refractivity contribution in [1.82, 2.24) is 10.2 Å². The van der Waals surface area contributed by atoms with Gasteiger partial charge in [-0.25, -0.2) is 4.79 Å². The number of amides is 3. The molecular formula is C18H25N3O4. The van der Waals surface area contributed by atoms with Crippen LogP contribution in [0.3, 0.4) is 0 Å².